The van der Waals surface area contributed by atoms with E-state index in [1.807, 2.05) is 30.3 Å². The van der Waals surface area contributed by atoms with Crippen LogP contribution in [0.25, 0.3) is 0 Å². The molecular weight excluding hydrogens is 328 g/mol. The molecule has 2 heterocycles. The highest BCUT2D eigenvalue weighted by atomic mass is 35.5. The van der Waals surface area contributed by atoms with Gasteiger partial charge in [0, 0.05) is 39.0 Å². The Balaban J connectivity index is 1.64. The highest BCUT2D eigenvalue weighted by molar-refractivity contribution is 6.29. The molecule has 0 atom stereocenters. The first kappa shape index (κ1) is 16.5. The normalized spacial score (nSPS) is 15.2. The molecule has 1 aromatic carbocycles. The zero-order valence-corrected chi connectivity index (χ0v) is 14.2. The topological polar surface area (TPSA) is 67.4 Å². The summed E-state index contributed by atoms with van der Waals surface area (Å²) in [6, 6.07) is 11.5. The number of nitrogens with zero attached hydrogens (tertiary/aromatic N) is 3. The lowest BCUT2D eigenvalue weighted by molar-refractivity contribution is 0.0952. The SMILES string of the molecule is CNC(=O)c1nc(Cl)cc(N2CCC(Oc3ccccc3)CC2)n1. The number of piperidine rings is 1. The van der Waals surface area contributed by atoms with Gasteiger partial charge in [0.25, 0.3) is 5.91 Å². The molecule has 1 aromatic heterocycles. The number of hydrogen-bond acceptors (Lipinski definition) is 5. The lowest BCUT2D eigenvalue weighted by Crippen LogP contribution is -2.39. The molecule has 6 nitrogen and oxygen atoms in total. The smallest absolute Gasteiger partial charge is 0.288 e. The van der Waals surface area contributed by atoms with E-state index in [0.717, 1.165) is 31.7 Å². The monoisotopic (exact) mass is 346 g/mol. The molecule has 24 heavy (non-hydrogen) atoms. The number of nitrogens with one attached hydrogen (secondary N) is 1. The summed E-state index contributed by atoms with van der Waals surface area (Å²) in [6.45, 7) is 1.58. The van der Waals surface area contributed by atoms with Gasteiger partial charge in [0.1, 0.15) is 22.8 Å². The number of benzene rings is 1. The Morgan fingerprint density at radius 1 is 1.25 bits per heavy atom. The minimum absolute atomic E-state index is 0.0858. The van der Waals surface area contributed by atoms with Crippen LogP contribution in [0, 0.1) is 0 Å². The summed E-state index contributed by atoms with van der Waals surface area (Å²) in [5.74, 6) is 1.30. The van der Waals surface area contributed by atoms with E-state index < -0.39 is 0 Å². The van der Waals surface area contributed by atoms with E-state index in [-0.39, 0.29) is 23.0 Å². The van der Waals surface area contributed by atoms with Crippen LogP contribution in [0.3, 0.4) is 0 Å². The molecule has 0 radical (unpaired) electrons. The van der Waals surface area contributed by atoms with Gasteiger partial charge in [-0.3, -0.25) is 4.79 Å². The largest absolute Gasteiger partial charge is 0.490 e. The summed E-state index contributed by atoms with van der Waals surface area (Å²) < 4.78 is 5.99. The Morgan fingerprint density at radius 3 is 2.62 bits per heavy atom. The van der Waals surface area contributed by atoms with Gasteiger partial charge in [0.2, 0.25) is 5.82 Å². The first-order chi connectivity index (χ1) is 11.7. The van der Waals surface area contributed by atoms with Gasteiger partial charge in [-0.2, -0.15) is 0 Å². The molecule has 0 unspecified atom stereocenters. The zero-order valence-electron chi connectivity index (χ0n) is 13.4. The molecule has 1 fully saturated rings. The van der Waals surface area contributed by atoms with Crippen molar-refractivity contribution in [2.45, 2.75) is 18.9 Å². The van der Waals surface area contributed by atoms with Crippen molar-refractivity contribution >= 4 is 23.3 Å². The molecule has 1 saturated heterocycles. The highest BCUT2D eigenvalue weighted by Crippen LogP contribution is 2.23. The van der Waals surface area contributed by atoms with Crippen molar-refractivity contribution in [2.75, 3.05) is 25.0 Å². The first-order valence-electron chi connectivity index (χ1n) is 7.89. The summed E-state index contributed by atoms with van der Waals surface area (Å²) in [5.41, 5.74) is 0. The Morgan fingerprint density at radius 2 is 1.96 bits per heavy atom. The Kier molecular flexibility index (Phi) is 5.15. The number of aromatic nitrogens is 2. The van der Waals surface area contributed by atoms with E-state index in [2.05, 4.69) is 20.2 Å². The minimum Gasteiger partial charge on any atom is -0.490 e. The molecule has 126 valence electrons. The summed E-state index contributed by atoms with van der Waals surface area (Å²) in [6.07, 6.45) is 1.94. The molecule has 2 aromatic rings. The number of carbonyl (C=O) groups excluding carboxylic acids is 1. The summed E-state index contributed by atoms with van der Waals surface area (Å²) in [7, 11) is 1.54. The number of amides is 1. The van der Waals surface area contributed by atoms with Crippen molar-refractivity contribution in [3.8, 4) is 5.75 Å². The van der Waals surface area contributed by atoms with Gasteiger partial charge < -0.3 is 15.0 Å². The van der Waals surface area contributed by atoms with E-state index in [9.17, 15) is 4.79 Å². The molecular formula is C17H19ClN4O2. The third-order valence-electron chi connectivity index (χ3n) is 3.92. The van der Waals surface area contributed by atoms with Gasteiger partial charge in [-0.1, -0.05) is 29.8 Å². The third kappa shape index (κ3) is 3.94. The van der Waals surface area contributed by atoms with Gasteiger partial charge >= 0.3 is 0 Å². The molecule has 1 aliphatic heterocycles. The zero-order chi connectivity index (χ0) is 16.9. The maximum atomic E-state index is 11.7. The first-order valence-corrected chi connectivity index (χ1v) is 8.27. The molecule has 0 spiro atoms. The molecule has 0 aliphatic carbocycles. The van der Waals surface area contributed by atoms with E-state index >= 15 is 0 Å². The fraction of sp³-hybridized carbons (Fsp3) is 0.353. The van der Waals surface area contributed by atoms with Gasteiger partial charge in [-0.25, -0.2) is 9.97 Å². The second kappa shape index (κ2) is 7.49. The van der Waals surface area contributed by atoms with Gasteiger partial charge in [-0.05, 0) is 12.1 Å². The number of ether oxygens (including phenoxy) is 1. The van der Waals surface area contributed by atoms with E-state index in [0.29, 0.717) is 5.82 Å². The fourth-order valence-electron chi connectivity index (χ4n) is 2.68. The molecule has 1 amide bonds. The number of anilines is 1. The van der Waals surface area contributed by atoms with Crippen molar-refractivity contribution in [3.63, 3.8) is 0 Å². The second-order valence-corrected chi connectivity index (χ2v) is 5.96. The van der Waals surface area contributed by atoms with Gasteiger partial charge in [0.05, 0.1) is 0 Å². The predicted octanol–water partition coefficient (Wildman–Crippen LogP) is 2.54. The molecule has 7 heteroatoms. The molecule has 1 N–H and O–H groups in total. The lowest BCUT2D eigenvalue weighted by Gasteiger charge is -2.33. The summed E-state index contributed by atoms with van der Waals surface area (Å²) in [4.78, 5) is 22.1. The lowest BCUT2D eigenvalue weighted by atomic mass is 10.1. The molecule has 0 bridgehead atoms. The van der Waals surface area contributed by atoms with Gasteiger partial charge in [0.15, 0.2) is 0 Å². The standard InChI is InChI=1S/C17H19ClN4O2/c1-19-17(23)16-20-14(18)11-15(21-16)22-9-7-13(8-10-22)24-12-5-3-2-4-6-12/h2-6,11,13H,7-10H2,1H3,(H,19,23). The van der Waals surface area contributed by atoms with Crippen molar-refractivity contribution < 1.29 is 9.53 Å². The van der Waals surface area contributed by atoms with Crippen LogP contribution in [-0.2, 0) is 0 Å². The summed E-state index contributed by atoms with van der Waals surface area (Å²) in [5, 5.41) is 2.78. The molecule has 0 saturated carbocycles. The number of rotatable bonds is 4. The quantitative estimate of drug-likeness (QED) is 0.862. The van der Waals surface area contributed by atoms with Crippen LogP contribution in [0.4, 0.5) is 5.82 Å². The summed E-state index contributed by atoms with van der Waals surface area (Å²) >= 11 is 6.02. The van der Waals surface area contributed by atoms with E-state index in [4.69, 9.17) is 16.3 Å². The third-order valence-corrected chi connectivity index (χ3v) is 4.12. The predicted molar refractivity (Wildman–Crippen MR) is 92.7 cm³/mol. The molecule has 3 rings (SSSR count). The average molecular weight is 347 g/mol. The maximum Gasteiger partial charge on any atom is 0.288 e. The minimum atomic E-state index is -0.346. The van der Waals surface area contributed by atoms with Crippen molar-refractivity contribution in [2.24, 2.45) is 0 Å². The number of hydrogen-bond donors (Lipinski definition) is 1. The number of halogens is 1. The maximum absolute atomic E-state index is 11.7. The Labute approximate surface area is 145 Å². The Hall–Kier alpha value is -2.34. The van der Waals surface area contributed by atoms with Crippen LogP contribution in [0.5, 0.6) is 5.75 Å². The number of carbonyl (C=O) groups is 1. The highest BCUT2D eigenvalue weighted by Gasteiger charge is 2.23. The van der Waals surface area contributed by atoms with Crippen LogP contribution in [-0.4, -0.2) is 42.1 Å². The van der Waals surface area contributed by atoms with Crippen LogP contribution in [0.1, 0.15) is 23.5 Å². The Bertz CT molecular complexity index is 703. The number of para-hydroxylation sites is 1. The van der Waals surface area contributed by atoms with Crippen LogP contribution in [0.15, 0.2) is 36.4 Å². The fourth-order valence-corrected chi connectivity index (χ4v) is 2.85. The van der Waals surface area contributed by atoms with Gasteiger partial charge in [-0.15, -0.1) is 0 Å². The van der Waals surface area contributed by atoms with Crippen molar-refractivity contribution in [1.82, 2.24) is 15.3 Å². The van der Waals surface area contributed by atoms with Crippen molar-refractivity contribution in [1.29, 1.82) is 0 Å². The van der Waals surface area contributed by atoms with Crippen LogP contribution >= 0.6 is 11.6 Å². The van der Waals surface area contributed by atoms with Crippen LogP contribution < -0.4 is 15.0 Å². The average Bonchev–Trinajstić information content (AvgIpc) is 2.62. The van der Waals surface area contributed by atoms with E-state index in [1.165, 1.54) is 0 Å². The molecule has 1 aliphatic rings. The van der Waals surface area contributed by atoms with Crippen LogP contribution in [0.2, 0.25) is 5.15 Å². The van der Waals surface area contributed by atoms with E-state index in [1.54, 1.807) is 13.1 Å². The van der Waals surface area contributed by atoms with Crippen molar-refractivity contribution in [3.05, 3.63) is 47.4 Å². The second-order valence-electron chi connectivity index (χ2n) is 5.57.